The van der Waals surface area contributed by atoms with Crippen molar-refractivity contribution in [2.75, 3.05) is 5.32 Å². The molecule has 1 amide bonds. The van der Waals surface area contributed by atoms with Crippen LogP contribution in [-0.4, -0.2) is 20.6 Å². The predicted octanol–water partition coefficient (Wildman–Crippen LogP) is 3.92. The van der Waals surface area contributed by atoms with Crippen molar-refractivity contribution >= 4 is 39.9 Å². The van der Waals surface area contributed by atoms with Gasteiger partial charge in [0.05, 0.1) is 14.2 Å². The normalized spacial score (nSPS) is 10.6. The van der Waals surface area contributed by atoms with Crippen molar-refractivity contribution in [2.24, 2.45) is 0 Å². The number of carbonyl (C=O) groups excluding carboxylic acids is 1. The zero-order chi connectivity index (χ0) is 18.8. The Hall–Kier alpha value is -2.89. The van der Waals surface area contributed by atoms with E-state index in [-0.39, 0.29) is 20.6 Å². The van der Waals surface area contributed by atoms with Crippen molar-refractivity contribution in [3.05, 3.63) is 79.7 Å². The molecule has 1 heterocycles. The zero-order valence-electron chi connectivity index (χ0n) is 12.8. The third kappa shape index (κ3) is 3.69. The minimum absolute atomic E-state index is 0.0164. The molecule has 7 nitrogen and oxygen atoms in total. The Kier molecular flexibility index (Phi) is 4.93. The van der Waals surface area contributed by atoms with Crippen LogP contribution in [0.3, 0.4) is 0 Å². The lowest BCUT2D eigenvalue weighted by molar-refractivity contribution is -0.384. The molecule has 0 fully saturated rings. The molecule has 132 valence electrons. The molecule has 0 bridgehead atoms. The summed E-state index contributed by atoms with van der Waals surface area (Å²) in [5, 5.41) is 17.1. The number of amides is 1. The highest BCUT2D eigenvalue weighted by Crippen LogP contribution is 2.21. The van der Waals surface area contributed by atoms with Crippen LogP contribution in [0.1, 0.15) is 10.5 Å². The van der Waals surface area contributed by atoms with Crippen molar-refractivity contribution in [3.63, 3.8) is 0 Å². The van der Waals surface area contributed by atoms with Crippen LogP contribution in [0.25, 0.3) is 5.69 Å². The Morgan fingerprint density at radius 3 is 2.35 bits per heavy atom. The molecule has 0 spiro atoms. The van der Waals surface area contributed by atoms with E-state index < -0.39 is 22.5 Å². The maximum absolute atomic E-state index is 13.5. The summed E-state index contributed by atoms with van der Waals surface area (Å²) in [7, 11) is 0. The van der Waals surface area contributed by atoms with Gasteiger partial charge in [-0.15, -0.1) is 0 Å². The van der Waals surface area contributed by atoms with E-state index in [0.29, 0.717) is 5.69 Å². The van der Waals surface area contributed by atoms with Gasteiger partial charge in [0.25, 0.3) is 11.6 Å². The van der Waals surface area contributed by atoms with Crippen LogP contribution in [0.15, 0.2) is 48.7 Å². The number of nitro groups is 1. The monoisotopic (exact) mass is 470 g/mol. The first-order valence-corrected chi connectivity index (χ1v) is 8.19. The summed E-state index contributed by atoms with van der Waals surface area (Å²) < 4.78 is 28.3. The standard InChI is InChI=1S/C16H9F2IN4O3/c17-12-7-9(8-13(18)15(12)19)20-16(24)14-5-6-22(21-14)10-1-3-11(4-2-10)23(25)26/h1-8H,(H,20,24). The molecule has 3 aromatic rings. The topological polar surface area (TPSA) is 90.1 Å². The van der Waals surface area contributed by atoms with Crippen LogP contribution in [0.2, 0.25) is 0 Å². The SMILES string of the molecule is O=C(Nc1cc(F)c(I)c(F)c1)c1ccn(-c2ccc([N+](=O)[O-])cc2)n1. The van der Waals surface area contributed by atoms with Gasteiger partial charge < -0.3 is 5.32 Å². The molecule has 3 rings (SSSR count). The Morgan fingerprint density at radius 2 is 1.77 bits per heavy atom. The van der Waals surface area contributed by atoms with Gasteiger partial charge in [0.1, 0.15) is 11.6 Å². The smallest absolute Gasteiger partial charge is 0.276 e. The summed E-state index contributed by atoms with van der Waals surface area (Å²) in [6.07, 6.45) is 1.49. The number of non-ortho nitro benzene ring substituents is 1. The highest BCUT2D eigenvalue weighted by atomic mass is 127. The fraction of sp³-hybridized carbons (Fsp3) is 0. The van der Waals surface area contributed by atoms with E-state index in [9.17, 15) is 23.7 Å². The fourth-order valence-corrected chi connectivity index (χ4v) is 2.45. The van der Waals surface area contributed by atoms with Crippen molar-refractivity contribution in [1.29, 1.82) is 0 Å². The minimum Gasteiger partial charge on any atom is -0.320 e. The molecular formula is C16H9F2IN4O3. The second kappa shape index (κ2) is 7.15. The molecule has 0 atom stereocenters. The van der Waals surface area contributed by atoms with E-state index in [0.717, 1.165) is 12.1 Å². The lowest BCUT2D eigenvalue weighted by Gasteiger charge is -2.05. The highest BCUT2D eigenvalue weighted by Gasteiger charge is 2.14. The number of nitro benzene ring substituents is 1. The maximum atomic E-state index is 13.5. The lowest BCUT2D eigenvalue weighted by atomic mass is 10.3. The molecule has 0 radical (unpaired) electrons. The lowest BCUT2D eigenvalue weighted by Crippen LogP contribution is -2.14. The van der Waals surface area contributed by atoms with E-state index in [4.69, 9.17) is 0 Å². The Bertz CT molecular complexity index is 982. The van der Waals surface area contributed by atoms with Gasteiger partial charge in [0.2, 0.25) is 0 Å². The quantitative estimate of drug-likeness (QED) is 0.271. The second-order valence-electron chi connectivity index (χ2n) is 5.13. The third-order valence-electron chi connectivity index (χ3n) is 3.39. The molecule has 2 aromatic carbocycles. The van der Waals surface area contributed by atoms with Crippen molar-refractivity contribution in [1.82, 2.24) is 9.78 Å². The number of hydrogen-bond acceptors (Lipinski definition) is 4. The fourth-order valence-electron chi connectivity index (χ4n) is 2.14. The van der Waals surface area contributed by atoms with Gasteiger partial charge in [-0.2, -0.15) is 5.10 Å². The summed E-state index contributed by atoms with van der Waals surface area (Å²) in [5.41, 5.74) is 0.431. The number of hydrogen-bond donors (Lipinski definition) is 1. The summed E-state index contributed by atoms with van der Waals surface area (Å²) >= 11 is 1.53. The van der Waals surface area contributed by atoms with Gasteiger partial charge in [0, 0.05) is 24.0 Å². The molecule has 1 aromatic heterocycles. The molecule has 0 saturated heterocycles. The van der Waals surface area contributed by atoms with E-state index in [1.54, 1.807) is 0 Å². The van der Waals surface area contributed by atoms with Crippen LogP contribution in [0.4, 0.5) is 20.2 Å². The summed E-state index contributed by atoms with van der Waals surface area (Å²) in [6, 6.07) is 9.03. The van der Waals surface area contributed by atoms with Crippen molar-refractivity contribution in [3.8, 4) is 5.69 Å². The van der Waals surface area contributed by atoms with Crippen molar-refractivity contribution in [2.45, 2.75) is 0 Å². The summed E-state index contributed by atoms with van der Waals surface area (Å²) in [4.78, 5) is 22.3. The van der Waals surface area contributed by atoms with Gasteiger partial charge in [-0.05, 0) is 52.9 Å². The van der Waals surface area contributed by atoms with Gasteiger partial charge in [-0.3, -0.25) is 14.9 Å². The van der Waals surface area contributed by atoms with Gasteiger partial charge in [-0.1, -0.05) is 0 Å². The molecule has 0 saturated carbocycles. The maximum Gasteiger partial charge on any atom is 0.276 e. The molecule has 26 heavy (non-hydrogen) atoms. The molecule has 0 aliphatic carbocycles. The minimum atomic E-state index is -0.780. The molecule has 1 N–H and O–H groups in total. The Labute approximate surface area is 158 Å². The van der Waals surface area contributed by atoms with Crippen LogP contribution >= 0.6 is 22.6 Å². The summed E-state index contributed by atoms with van der Waals surface area (Å²) in [6.45, 7) is 0. The van der Waals surface area contributed by atoms with Gasteiger partial charge >= 0.3 is 0 Å². The molecule has 0 aliphatic rings. The highest BCUT2D eigenvalue weighted by molar-refractivity contribution is 14.1. The second-order valence-corrected chi connectivity index (χ2v) is 6.21. The molecule has 10 heteroatoms. The summed E-state index contributed by atoms with van der Waals surface area (Å²) in [5.74, 6) is -2.21. The molecule has 0 unspecified atom stereocenters. The number of rotatable bonds is 4. The first-order chi connectivity index (χ1) is 12.3. The molecule has 0 aliphatic heterocycles. The van der Waals surface area contributed by atoms with Crippen LogP contribution in [-0.2, 0) is 0 Å². The first kappa shape index (κ1) is 17.9. The Morgan fingerprint density at radius 1 is 1.15 bits per heavy atom. The van der Waals surface area contributed by atoms with Gasteiger partial charge in [-0.25, -0.2) is 13.5 Å². The average molecular weight is 470 g/mol. The largest absolute Gasteiger partial charge is 0.320 e. The number of anilines is 1. The van der Waals surface area contributed by atoms with Crippen LogP contribution in [0, 0.1) is 25.3 Å². The average Bonchev–Trinajstić information content (AvgIpc) is 3.10. The van der Waals surface area contributed by atoms with Crippen LogP contribution in [0.5, 0.6) is 0 Å². The van der Waals surface area contributed by atoms with E-state index in [2.05, 4.69) is 10.4 Å². The van der Waals surface area contributed by atoms with E-state index in [1.165, 1.54) is 63.8 Å². The number of benzene rings is 2. The number of aromatic nitrogens is 2. The van der Waals surface area contributed by atoms with E-state index >= 15 is 0 Å². The predicted molar refractivity (Wildman–Crippen MR) is 97.2 cm³/mol. The first-order valence-electron chi connectivity index (χ1n) is 7.11. The number of nitrogens with one attached hydrogen (secondary N) is 1. The van der Waals surface area contributed by atoms with Crippen molar-refractivity contribution < 1.29 is 18.5 Å². The van der Waals surface area contributed by atoms with E-state index in [1.807, 2.05) is 0 Å². The zero-order valence-corrected chi connectivity index (χ0v) is 15.0. The number of carbonyl (C=O) groups is 1. The Balaban J connectivity index is 1.79. The third-order valence-corrected chi connectivity index (χ3v) is 4.42. The van der Waals surface area contributed by atoms with Gasteiger partial charge in [0.15, 0.2) is 5.69 Å². The molecular weight excluding hydrogens is 461 g/mol. The van der Waals surface area contributed by atoms with Crippen LogP contribution < -0.4 is 5.32 Å². The number of nitrogens with zero attached hydrogens (tertiary/aromatic N) is 3. The number of halogens is 3.